The number of rotatable bonds is 5. The van der Waals surface area contributed by atoms with Gasteiger partial charge in [0.1, 0.15) is 12.3 Å². The molecule has 168 valence electrons. The number of carbonyl (C=O) groups excluding carboxylic acids is 2. The van der Waals surface area contributed by atoms with Crippen molar-refractivity contribution in [3.8, 4) is 5.75 Å². The smallest absolute Gasteiger partial charge is 0.337 e. The molecule has 2 aromatic rings. The molecule has 3 rings (SSSR count). The van der Waals surface area contributed by atoms with E-state index >= 15 is 0 Å². The van der Waals surface area contributed by atoms with E-state index < -0.39 is 44.8 Å². The topological polar surface area (TPSA) is 130 Å². The van der Waals surface area contributed by atoms with Gasteiger partial charge >= 0.3 is 5.97 Å². The van der Waals surface area contributed by atoms with Gasteiger partial charge in [-0.05, 0) is 42.5 Å². The molecule has 12 heteroatoms. The standard InChI is InChI=1S/C20H16Cl2N2O7S/c1-31-17-5-2-13(21)7-11(17)6-12-9-23-18(25)10-24(19(12)26)32(29,30)14-3-4-16(22)15(8-14)20(27)28/h2-8H,9-10H2,1H3,(H,23,25)(H,27,28). The highest BCUT2D eigenvalue weighted by atomic mass is 35.5. The number of hydrogen-bond acceptors (Lipinski definition) is 6. The van der Waals surface area contributed by atoms with Gasteiger partial charge in [0.2, 0.25) is 5.91 Å². The number of carboxylic acid groups (broad SMARTS) is 1. The van der Waals surface area contributed by atoms with Crippen molar-refractivity contribution in [2.75, 3.05) is 20.2 Å². The molecular formula is C20H16Cl2N2O7S. The van der Waals surface area contributed by atoms with Gasteiger partial charge in [-0.2, -0.15) is 0 Å². The van der Waals surface area contributed by atoms with Crippen LogP contribution >= 0.6 is 23.2 Å². The average molecular weight is 499 g/mol. The summed E-state index contributed by atoms with van der Waals surface area (Å²) >= 11 is 11.8. The lowest BCUT2D eigenvalue weighted by Gasteiger charge is -2.20. The van der Waals surface area contributed by atoms with E-state index in [9.17, 15) is 27.9 Å². The number of sulfonamides is 1. The van der Waals surface area contributed by atoms with Crippen LogP contribution in [0.4, 0.5) is 0 Å². The van der Waals surface area contributed by atoms with Crippen LogP contribution in [0.1, 0.15) is 15.9 Å². The predicted molar refractivity (Wildman–Crippen MR) is 116 cm³/mol. The lowest BCUT2D eigenvalue weighted by molar-refractivity contribution is -0.127. The second-order valence-electron chi connectivity index (χ2n) is 6.60. The molecule has 0 bridgehead atoms. The van der Waals surface area contributed by atoms with Gasteiger partial charge in [0.05, 0.1) is 22.6 Å². The van der Waals surface area contributed by atoms with E-state index in [1.54, 1.807) is 12.1 Å². The monoisotopic (exact) mass is 498 g/mol. The molecule has 0 radical (unpaired) electrons. The summed E-state index contributed by atoms with van der Waals surface area (Å²) in [6, 6.07) is 7.65. The number of nitrogens with one attached hydrogen (secondary N) is 1. The summed E-state index contributed by atoms with van der Waals surface area (Å²) < 4.78 is 32.0. The zero-order chi connectivity index (χ0) is 23.6. The van der Waals surface area contributed by atoms with Gasteiger partial charge in [-0.15, -0.1) is 0 Å². The fourth-order valence-corrected chi connectivity index (χ4v) is 4.72. The maximum atomic E-state index is 13.2. The van der Waals surface area contributed by atoms with Crippen molar-refractivity contribution in [3.63, 3.8) is 0 Å². The number of ether oxygens (including phenoxy) is 1. The number of aromatic carboxylic acids is 1. The van der Waals surface area contributed by atoms with Crippen molar-refractivity contribution in [3.05, 3.63) is 63.1 Å². The van der Waals surface area contributed by atoms with E-state index in [4.69, 9.17) is 27.9 Å². The first kappa shape index (κ1) is 23.6. The Morgan fingerprint density at radius 2 is 1.91 bits per heavy atom. The third-order valence-corrected chi connectivity index (χ3v) is 6.83. The van der Waals surface area contributed by atoms with E-state index in [1.807, 2.05) is 0 Å². The molecule has 1 aliphatic heterocycles. The number of nitrogens with zero attached hydrogens (tertiary/aromatic N) is 1. The number of amides is 2. The number of hydrogen-bond donors (Lipinski definition) is 2. The molecule has 1 saturated heterocycles. The van der Waals surface area contributed by atoms with Crippen LogP contribution in [-0.4, -0.2) is 55.8 Å². The molecule has 9 nitrogen and oxygen atoms in total. The summed E-state index contributed by atoms with van der Waals surface area (Å²) in [6.45, 7) is -1.02. The van der Waals surface area contributed by atoms with E-state index in [1.165, 1.54) is 19.3 Å². The van der Waals surface area contributed by atoms with Crippen molar-refractivity contribution in [1.82, 2.24) is 9.62 Å². The molecule has 2 aromatic carbocycles. The van der Waals surface area contributed by atoms with Gasteiger partial charge in [0, 0.05) is 22.7 Å². The fourth-order valence-electron chi connectivity index (χ4n) is 2.96. The molecule has 0 saturated carbocycles. The SMILES string of the molecule is COc1ccc(Cl)cc1C=C1CNC(=O)CN(S(=O)(=O)c2ccc(Cl)c(C(=O)O)c2)C1=O. The van der Waals surface area contributed by atoms with Crippen LogP contribution < -0.4 is 10.1 Å². The zero-order valence-electron chi connectivity index (χ0n) is 16.5. The number of methoxy groups -OCH3 is 1. The average Bonchev–Trinajstić information content (AvgIpc) is 2.87. The second-order valence-corrected chi connectivity index (χ2v) is 9.30. The van der Waals surface area contributed by atoms with Gasteiger partial charge in [0.25, 0.3) is 15.9 Å². The van der Waals surface area contributed by atoms with Crippen LogP contribution in [0, 0.1) is 0 Å². The molecule has 2 amide bonds. The summed E-state index contributed by atoms with van der Waals surface area (Å²) in [7, 11) is -3.17. The molecular weight excluding hydrogens is 483 g/mol. The Balaban J connectivity index is 2.09. The Kier molecular flexibility index (Phi) is 6.77. The highest BCUT2D eigenvalue weighted by Crippen LogP contribution is 2.28. The summed E-state index contributed by atoms with van der Waals surface area (Å²) in [6.07, 6.45) is 1.37. The first-order valence-electron chi connectivity index (χ1n) is 8.95. The Hall–Kier alpha value is -3.08. The summed E-state index contributed by atoms with van der Waals surface area (Å²) in [5, 5.41) is 11.9. The maximum Gasteiger partial charge on any atom is 0.337 e. The Labute approximate surface area is 193 Å². The van der Waals surface area contributed by atoms with Crippen molar-refractivity contribution < 1.29 is 32.6 Å². The minimum Gasteiger partial charge on any atom is -0.496 e. The normalized spacial score (nSPS) is 16.0. The van der Waals surface area contributed by atoms with E-state index in [-0.39, 0.29) is 17.1 Å². The molecule has 2 N–H and O–H groups in total. The highest BCUT2D eigenvalue weighted by molar-refractivity contribution is 7.89. The molecule has 1 aliphatic rings. The molecule has 0 spiro atoms. The number of benzene rings is 2. The summed E-state index contributed by atoms with van der Waals surface area (Å²) in [5.74, 6) is -2.74. The molecule has 0 aromatic heterocycles. The molecule has 1 fully saturated rings. The van der Waals surface area contributed by atoms with Crippen LogP contribution in [0.15, 0.2) is 46.9 Å². The molecule has 0 atom stereocenters. The summed E-state index contributed by atoms with van der Waals surface area (Å²) in [5.41, 5.74) is -0.109. The lowest BCUT2D eigenvalue weighted by atomic mass is 10.1. The Bertz CT molecular complexity index is 1260. The Morgan fingerprint density at radius 1 is 1.19 bits per heavy atom. The fraction of sp³-hybridized carbons (Fsp3) is 0.150. The molecule has 0 aliphatic carbocycles. The molecule has 1 heterocycles. The highest BCUT2D eigenvalue weighted by Gasteiger charge is 2.36. The van der Waals surface area contributed by atoms with Crippen molar-refractivity contribution in [2.45, 2.75) is 4.90 Å². The van der Waals surface area contributed by atoms with Crippen molar-refractivity contribution >= 4 is 57.1 Å². The largest absolute Gasteiger partial charge is 0.496 e. The number of carbonyl (C=O) groups is 3. The lowest BCUT2D eigenvalue weighted by Crippen LogP contribution is -2.40. The third-order valence-electron chi connectivity index (χ3n) is 4.54. The van der Waals surface area contributed by atoms with E-state index in [0.717, 1.165) is 18.2 Å². The van der Waals surface area contributed by atoms with Crippen molar-refractivity contribution in [2.24, 2.45) is 0 Å². The van der Waals surface area contributed by atoms with Crippen LogP contribution in [0.2, 0.25) is 10.0 Å². The van der Waals surface area contributed by atoms with Crippen molar-refractivity contribution in [1.29, 1.82) is 0 Å². The van der Waals surface area contributed by atoms with E-state index in [2.05, 4.69) is 5.32 Å². The third kappa shape index (κ3) is 4.72. The Morgan fingerprint density at radius 3 is 2.56 bits per heavy atom. The zero-order valence-corrected chi connectivity index (χ0v) is 18.8. The molecule has 32 heavy (non-hydrogen) atoms. The quantitative estimate of drug-likeness (QED) is 0.605. The van der Waals surface area contributed by atoms with Gasteiger partial charge < -0.3 is 15.2 Å². The maximum absolute atomic E-state index is 13.2. The predicted octanol–water partition coefficient (Wildman–Crippen LogP) is 2.43. The van der Waals surface area contributed by atoms with Crippen LogP contribution in [0.3, 0.4) is 0 Å². The first-order chi connectivity index (χ1) is 15.0. The van der Waals surface area contributed by atoms with Gasteiger partial charge in [-0.1, -0.05) is 23.2 Å². The van der Waals surface area contributed by atoms with Gasteiger partial charge in [-0.3, -0.25) is 9.59 Å². The van der Waals surface area contributed by atoms with Crippen LogP contribution in [0.25, 0.3) is 6.08 Å². The summed E-state index contributed by atoms with van der Waals surface area (Å²) in [4.78, 5) is 36.2. The second kappa shape index (κ2) is 9.19. The minimum atomic E-state index is -4.59. The van der Waals surface area contributed by atoms with Gasteiger partial charge in [-0.25, -0.2) is 17.5 Å². The minimum absolute atomic E-state index is 0.0487. The van der Waals surface area contributed by atoms with Crippen LogP contribution in [0.5, 0.6) is 5.75 Å². The van der Waals surface area contributed by atoms with E-state index in [0.29, 0.717) is 20.6 Å². The van der Waals surface area contributed by atoms with Gasteiger partial charge in [0.15, 0.2) is 0 Å². The molecule has 0 unspecified atom stereocenters. The number of halogens is 2. The van der Waals surface area contributed by atoms with Crippen LogP contribution in [-0.2, 0) is 19.6 Å². The number of carboxylic acids is 1. The first-order valence-corrected chi connectivity index (χ1v) is 11.1.